The van der Waals surface area contributed by atoms with E-state index < -0.39 is 0 Å². The molecule has 2 aromatic carbocycles. The molecule has 4 rings (SSSR count). The van der Waals surface area contributed by atoms with Crippen LogP contribution in [0.2, 0.25) is 0 Å². The Labute approximate surface area is 187 Å². The smallest absolute Gasteiger partial charge is 0.253 e. The number of anilines is 1. The summed E-state index contributed by atoms with van der Waals surface area (Å²) in [4.78, 5) is 20.2. The van der Waals surface area contributed by atoms with E-state index in [9.17, 15) is 4.79 Å². The monoisotopic (exact) mass is 436 g/mol. The van der Waals surface area contributed by atoms with Crippen LogP contribution < -0.4 is 10.9 Å². The molecule has 0 bridgehead atoms. The number of thiocarbonyl (C=S) groups is 1. The maximum atomic E-state index is 12.8. The van der Waals surface area contributed by atoms with Crippen LogP contribution in [-0.2, 0) is 11.3 Å². The molecule has 7 heteroatoms. The van der Waals surface area contributed by atoms with Crippen molar-refractivity contribution in [1.29, 1.82) is 0 Å². The van der Waals surface area contributed by atoms with Crippen molar-refractivity contribution in [3.8, 4) is 0 Å². The molecule has 0 amide bonds. The van der Waals surface area contributed by atoms with E-state index in [2.05, 4.69) is 33.1 Å². The third-order valence-corrected chi connectivity index (χ3v) is 5.90. The zero-order valence-electron chi connectivity index (χ0n) is 17.8. The lowest BCUT2D eigenvalue weighted by atomic mass is 10.1. The van der Waals surface area contributed by atoms with E-state index in [4.69, 9.17) is 17.0 Å². The molecule has 31 heavy (non-hydrogen) atoms. The normalized spacial score (nSPS) is 14.5. The van der Waals surface area contributed by atoms with Gasteiger partial charge < -0.3 is 19.9 Å². The fourth-order valence-electron chi connectivity index (χ4n) is 3.76. The third kappa shape index (κ3) is 5.70. The number of H-pyrrole nitrogens is 1. The van der Waals surface area contributed by atoms with Crippen molar-refractivity contribution >= 4 is 33.9 Å². The molecule has 1 aromatic heterocycles. The molecule has 1 fully saturated rings. The molecular weight excluding hydrogens is 408 g/mol. The van der Waals surface area contributed by atoms with Gasteiger partial charge in [-0.25, -0.2) is 0 Å². The minimum Gasteiger partial charge on any atom is -0.379 e. The van der Waals surface area contributed by atoms with Gasteiger partial charge in [-0.15, -0.1) is 0 Å². The first kappa shape index (κ1) is 21.5. The number of fused-ring (bicyclic) bond motifs is 1. The summed E-state index contributed by atoms with van der Waals surface area (Å²) >= 11 is 5.74. The van der Waals surface area contributed by atoms with Crippen LogP contribution in [0.25, 0.3) is 10.9 Å². The van der Waals surface area contributed by atoms with Gasteiger partial charge in [-0.3, -0.25) is 9.69 Å². The highest BCUT2D eigenvalue weighted by Crippen LogP contribution is 2.15. The Balaban J connectivity index is 1.55. The number of hydrogen-bond donors (Lipinski definition) is 2. The van der Waals surface area contributed by atoms with Gasteiger partial charge in [0.1, 0.15) is 0 Å². The number of aryl methyl sites for hydroxylation is 1. The molecule has 0 aliphatic carbocycles. The van der Waals surface area contributed by atoms with Gasteiger partial charge in [-0.05, 0) is 54.9 Å². The van der Waals surface area contributed by atoms with E-state index in [0.29, 0.717) is 17.2 Å². The molecule has 1 aliphatic rings. The van der Waals surface area contributed by atoms with E-state index in [1.54, 1.807) is 0 Å². The van der Waals surface area contributed by atoms with Gasteiger partial charge in [-0.1, -0.05) is 29.8 Å². The van der Waals surface area contributed by atoms with Crippen molar-refractivity contribution < 1.29 is 4.74 Å². The number of aromatic nitrogens is 1. The molecular formula is C24H28N4O2S. The molecule has 0 unspecified atom stereocenters. The van der Waals surface area contributed by atoms with Crippen molar-refractivity contribution in [3.63, 3.8) is 0 Å². The molecule has 162 valence electrons. The lowest BCUT2D eigenvalue weighted by Gasteiger charge is -2.31. The van der Waals surface area contributed by atoms with Gasteiger partial charge in [0.15, 0.2) is 5.11 Å². The molecule has 0 radical (unpaired) electrons. The highest BCUT2D eigenvalue weighted by atomic mass is 32.1. The summed E-state index contributed by atoms with van der Waals surface area (Å²) in [6.07, 6.45) is 0. The Bertz CT molecular complexity index is 1090. The second-order valence-corrected chi connectivity index (χ2v) is 8.27. The second kappa shape index (κ2) is 10.0. The number of ether oxygens (including phenoxy) is 1. The molecule has 2 N–H and O–H groups in total. The summed E-state index contributed by atoms with van der Waals surface area (Å²) in [5.41, 5.74) is 3.58. The van der Waals surface area contributed by atoms with Crippen LogP contribution in [0.4, 0.5) is 5.69 Å². The Morgan fingerprint density at radius 2 is 1.94 bits per heavy atom. The van der Waals surface area contributed by atoms with Crippen molar-refractivity contribution in [2.45, 2.75) is 13.5 Å². The summed E-state index contributed by atoms with van der Waals surface area (Å²) in [5, 5.41) is 4.96. The van der Waals surface area contributed by atoms with Gasteiger partial charge >= 0.3 is 0 Å². The number of nitrogens with zero attached hydrogens (tertiary/aromatic N) is 2. The largest absolute Gasteiger partial charge is 0.379 e. The van der Waals surface area contributed by atoms with Gasteiger partial charge in [-0.2, -0.15) is 0 Å². The number of pyridine rings is 1. The number of morpholine rings is 1. The summed E-state index contributed by atoms with van der Waals surface area (Å²) in [6.45, 7) is 7.45. The first-order valence-electron chi connectivity index (χ1n) is 10.6. The number of benzene rings is 2. The standard InChI is InChI=1S/C24H28N4O2S/c1-18-7-8-22-19(15-18)16-20(23(29)26-22)17-28(10-9-27-11-13-30-14-12-27)24(31)25-21-5-3-2-4-6-21/h2-8,15-16H,9-14,17H2,1H3,(H,25,31)(H,26,29). The van der Waals surface area contributed by atoms with Crippen LogP contribution in [0.3, 0.4) is 0 Å². The van der Waals surface area contributed by atoms with E-state index in [0.717, 1.165) is 61.5 Å². The quantitative estimate of drug-likeness (QED) is 0.578. The van der Waals surface area contributed by atoms with Crippen molar-refractivity contribution in [2.24, 2.45) is 0 Å². The summed E-state index contributed by atoms with van der Waals surface area (Å²) < 4.78 is 5.46. The Morgan fingerprint density at radius 1 is 1.16 bits per heavy atom. The SMILES string of the molecule is Cc1ccc2[nH]c(=O)c(CN(CCN3CCOCC3)C(=S)Nc3ccccc3)cc2c1. The average Bonchev–Trinajstić information content (AvgIpc) is 2.78. The molecule has 0 saturated carbocycles. The fraction of sp³-hybridized carbons (Fsp3) is 0.333. The topological polar surface area (TPSA) is 60.6 Å². The maximum Gasteiger partial charge on any atom is 0.253 e. The average molecular weight is 437 g/mol. The van der Waals surface area contributed by atoms with E-state index in [1.807, 2.05) is 48.5 Å². The number of aromatic amines is 1. The lowest BCUT2D eigenvalue weighted by molar-refractivity contribution is 0.0358. The first-order valence-corrected chi connectivity index (χ1v) is 11.0. The van der Waals surface area contributed by atoms with Crippen LogP contribution in [0.5, 0.6) is 0 Å². The van der Waals surface area contributed by atoms with E-state index in [1.165, 1.54) is 0 Å². The van der Waals surface area contributed by atoms with Crippen LogP contribution in [0.15, 0.2) is 59.4 Å². The maximum absolute atomic E-state index is 12.8. The zero-order chi connectivity index (χ0) is 21.6. The Morgan fingerprint density at radius 3 is 2.71 bits per heavy atom. The van der Waals surface area contributed by atoms with Crippen LogP contribution in [0, 0.1) is 6.92 Å². The van der Waals surface area contributed by atoms with Gasteiger partial charge in [0.05, 0.1) is 19.8 Å². The third-order valence-electron chi connectivity index (χ3n) is 5.54. The molecule has 1 saturated heterocycles. The number of para-hydroxylation sites is 1. The highest BCUT2D eigenvalue weighted by molar-refractivity contribution is 7.80. The molecule has 3 aromatic rings. The molecule has 6 nitrogen and oxygen atoms in total. The van der Waals surface area contributed by atoms with Crippen molar-refractivity contribution in [1.82, 2.24) is 14.8 Å². The van der Waals surface area contributed by atoms with Gasteiger partial charge in [0.25, 0.3) is 5.56 Å². The van der Waals surface area contributed by atoms with Crippen LogP contribution in [-0.4, -0.2) is 59.3 Å². The molecule has 0 spiro atoms. The van der Waals surface area contributed by atoms with Gasteiger partial charge in [0, 0.05) is 42.9 Å². The summed E-state index contributed by atoms with van der Waals surface area (Å²) in [7, 11) is 0. The molecule has 0 atom stereocenters. The minimum absolute atomic E-state index is 0.0739. The number of nitrogens with one attached hydrogen (secondary N) is 2. The zero-order valence-corrected chi connectivity index (χ0v) is 18.6. The predicted octanol–water partition coefficient (Wildman–Crippen LogP) is 3.37. The molecule has 1 aliphatic heterocycles. The predicted molar refractivity (Wildman–Crippen MR) is 130 cm³/mol. The number of rotatable bonds is 6. The van der Waals surface area contributed by atoms with Crippen molar-refractivity contribution in [2.75, 3.05) is 44.7 Å². The number of hydrogen-bond acceptors (Lipinski definition) is 4. The summed E-state index contributed by atoms with van der Waals surface area (Å²) in [5.74, 6) is 0. The van der Waals surface area contributed by atoms with E-state index >= 15 is 0 Å². The molecule has 2 heterocycles. The Kier molecular flexibility index (Phi) is 6.96. The highest BCUT2D eigenvalue weighted by Gasteiger charge is 2.17. The van der Waals surface area contributed by atoms with Crippen molar-refractivity contribution in [3.05, 3.63) is 76.1 Å². The minimum atomic E-state index is -0.0739. The van der Waals surface area contributed by atoms with Crippen LogP contribution in [0.1, 0.15) is 11.1 Å². The Hall–Kier alpha value is -2.74. The second-order valence-electron chi connectivity index (χ2n) is 7.89. The van der Waals surface area contributed by atoms with E-state index in [-0.39, 0.29) is 5.56 Å². The first-order chi connectivity index (χ1) is 15.1. The lowest BCUT2D eigenvalue weighted by Crippen LogP contribution is -2.44. The fourth-order valence-corrected chi connectivity index (χ4v) is 4.03. The summed E-state index contributed by atoms with van der Waals surface area (Å²) in [6, 6.07) is 17.9. The van der Waals surface area contributed by atoms with Crippen LogP contribution >= 0.6 is 12.2 Å². The van der Waals surface area contributed by atoms with Gasteiger partial charge in [0.2, 0.25) is 0 Å².